The molecule has 2 aromatic carbocycles. The summed E-state index contributed by atoms with van der Waals surface area (Å²) in [4.78, 5) is 12.2. The summed E-state index contributed by atoms with van der Waals surface area (Å²) >= 11 is 1.74. The van der Waals surface area contributed by atoms with E-state index in [0.717, 1.165) is 48.8 Å². The van der Waals surface area contributed by atoms with Crippen LogP contribution >= 0.6 is 11.8 Å². The third kappa shape index (κ3) is 5.49. The maximum Gasteiger partial charge on any atom is 0.226 e. The minimum Gasteiger partial charge on any atom is -0.497 e. The molecule has 0 amide bonds. The van der Waals surface area contributed by atoms with Crippen LogP contribution < -0.4 is 24.4 Å². The average molecular weight is 607 g/mol. The van der Waals surface area contributed by atoms with Gasteiger partial charge in [-0.1, -0.05) is 0 Å². The maximum absolute atomic E-state index is 14.9. The van der Waals surface area contributed by atoms with Crippen molar-refractivity contribution >= 4 is 39.9 Å². The third-order valence-electron chi connectivity index (χ3n) is 7.95. The highest BCUT2D eigenvalue weighted by Gasteiger charge is 2.28. The summed E-state index contributed by atoms with van der Waals surface area (Å²) in [7, 11) is 4.68. The molecule has 3 aromatic heterocycles. The molecular formula is C30H35FN8O3S. The molecule has 1 N–H and O–H groups in total. The van der Waals surface area contributed by atoms with Crippen molar-refractivity contribution < 1.29 is 18.6 Å². The molecule has 0 spiro atoms. The van der Waals surface area contributed by atoms with Crippen LogP contribution in [0.2, 0.25) is 0 Å². The van der Waals surface area contributed by atoms with Gasteiger partial charge in [0.1, 0.15) is 11.5 Å². The van der Waals surface area contributed by atoms with Crippen LogP contribution in [0, 0.1) is 12.7 Å². The first-order valence-electron chi connectivity index (χ1n) is 14.1. The standard InChI is InChI=1S/C30H35FN8O3S/c1-18-25(15-33-38(18)17-43-5)37-10-6-7-20(16-37)28-35-29-22-12-23(31)27(42-4)13-24(22)34-30(39(29)36-28)32-14-19-8-9-21(40-2)11-26(19)41-3/h8-9,11-13,15,20H,6-7,10,14,16-17H2,1-5H3,(H,32,34). The molecule has 0 radical (unpaired) electrons. The Hall–Kier alpha value is -4.26. The average Bonchev–Trinajstić information content (AvgIpc) is 3.64. The van der Waals surface area contributed by atoms with Crippen LogP contribution in [-0.4, -0.2) is 70.0 Å². The highest BCUT2D eigenvalue weighted by Crippen LogP contribution is 2.33. The van der Waals surface area contributed by atoms with Crippen LogP contribution in [0.5, 0.6) is 17.2 Å². The number of methoxy groups -OCH3 is 3. The van der Waals surface area contributed by atoms with Gasteiger partial charge in [0.05, 0.1) is 50.3 Å². The number of nitrogens with one attached hydrogen (secondary N) is 1. The van der Waals surface area contributed by atoms with E-state index < -0.39 is 5.82 Å². The van der Waals surface area contributed by atoms with Crippen LogP contribution in [0.15, 0.2) is 36.5 Å². The number of aromatic nitrogens is 6. The van der Waals surface area contributed by atoms with Gasteiger partial charge in [-0.3, -0.25) is 4.68 Å². The fourth-order valence-electron chi connectivity index (χ4n) is 5.65. The molecule has 6 rings (SSSR count). The highest BCUT2D eigenvalue weighted by atomic mass is 32.2. The monoisotopic (exact) mass is 606 g/mol. The van der Waals surface area contributed by atoms with Gasteiger partial charge in [0.25, 0.3) is 0 Å². The molecule has 0 aliphatic carbocycles. The summed E-state index contributed by atoms with van der Waals surface area (Å²) in [5.74, 6) is 3.12. The number of fused-ring (bicyclic) bond motifs is 3. The largest absolute Gasteiger partial charge is 0.497 e. The van der Waals surface area contributed by atoms with Crippen molar-refractivity contribution in [1.82, 2.24) is 29.4 Å². The molecule has 226 valence electrons. The number of nitrogens with zero attached hydrogens (tertiary/aromatic N) is 7. The van der Waals surface area contributed by atoms with E-state index in [0.29, 0.717) is 46.4 Å². The van der Waals surface area contributed by atoms with Crippen LogP contribution in [0.4, 0.5) is 16.0 Å². The Labute approximate surface area is 253 Å². The fraction of sp³-hybridized carbons (Fsp3) is 0.400. The number of hydrogen-bond acceptors (Lipinski definition) is 10. The summed E-state index contributed by atoms with van der Waals surface area (Å²) in [5.41, 5.74) is 4.29. The van der Waals surface area contributed by atoms with Crippen molar-refractivity contribution in [2.75, 3.05) is 50.9 Å². The second-order valence-corrected chi connectivity index (χ2v) is 11.3. The number of rotatable bonds is 10. The van der Waals surface area contributed by atoms with Gasteiger partial charge >= 0.3 is 0 Å². The van der Waals surface area contributed by atoms with Gasteiger partial charge in [-0.25, -0.2) is 14.4 Å². The van der Waals surface area contributed by atoms with Gasteiger partial charge in [0.2, 0.25) is 5.95 Å². The summed E-state index contributed by atoms with van der Waals surface area (Å²) in [6, 6.07) is 8.67. The van der Waals surface area contributed by atoms with Gasteiger partial charge in [0.15, 0.2) is 23.0 Å². The predicted molar refractivity (Wildman–Crippen MR) is 166 cm³/mol. The van der Waals surface area contributed by atoms with Gasteiger partial charge in [-0.2, -0.15) is 9.61 Å². The molecule has 0 bridgehead atoms. The Morgan fingerprint density at radius 2 is 1.91 bits per heavy atom. The zero-order chi connectivity index (χ0) is 30.1. The lowest BCUT2D eigenvalue weighted by molar-refractivity contribution is 0.387. The molecule has 1 fully saturated rings. The Bertz CT molecular complexity index is 1770. The summed E-state index contributed by atoms with van der Waals surface area (Å²) in [6.45, 7) is 4.23. The second-order valence-electron chi connectivity index (χ2n) is 10.5. The smallest absolute Gasteiger partial charge is 0.226 e. The Morgan fingerprint density at radius 1 is 1.07 bits per heavy atom. The van der Waals surface area contributed by atoms with E-state index in [1.54, 1.807) is 36.6 Å². The minimum absolute atomic E-state index is 0.0876. The molecule has 13 heteroatoms. The van der Waals surface area contributed by atoms with Gasteiger partial charge in [-0.15, -0.1) is 16.9 Å². The fourth-order valence-corrected chi connectivity index (χ4v) is 6.15. The first-order valence-corrected chi connectivity index (χ1v) is 15.5. The van der Waals surface area contributed by atoms with E-state index in [1.165, 1.54) is 13.2 Å². The van der Waals surface area contributed by atoms with Crippen molar-refractivity contribution in [2.24, 2.45) is 0 Å². The predicted octanol–water partition coefficient (Wildman–Crippen LogP) is 5.26. The zero-order valence-corrected chi connectivity index (χ0v) is 25.7. The van der Waals surface area contributed by atoms with E-state index >= 15 is 0 Å². The van der Waals surface area contributed by atoms with Crippen molar-refractivity contribution in [3.8, 4) is 17.2 Å². The van der Waals surface area contributed by atoms with Gasteiger partial charge in [-0.05, 0) is 44.2 Å². The van der Waals surface area contributed by atoms with E-state index in [4.69, 9.17) is 29.3 Å². The topological polar surface area (TPSA) is 104 Å². The van der Waals surface area contributed by atoms with Crippen LogP contribution in [-0.2, 0) is 12.4 Å². The van der Waals surface area contributed by atoms with E-state index in [-0.39, 0.29) is 11.7 Å². The number of ether oxygens (including phenoxy) is 3. The number of halogens is 1. The van der Waals surface area contributed by atoms with Gasteiger partial charge < -0.3 is 24.4 Å². The molecule has 11 nitrogen and oxygen atoms in total. The molecule has 43 heavy (non-hydrogen) atoms. The highest BCUT2D eigenvalue weighted by molar-refractivity contribution is 7.97. The molecule has 4 heterocycles. The van der Waals surface area contributed by atoms with E-state index in [9.17, 15) is 4.39 Å². The normalized spacial score (nSPS) is 15.3. The molecule has 1 saturated heterocycles. The number of thioether (sulfide) groups is 1. The zero-order valence-electron chi connectivity index (χ0n) is 24.9. The molecule has 0 saturated carbocycles. The Balaban J connectivity index is 1.37. The molecule has 5 aromatic rings. The van der Waals surface area contributed by atoms with Crippen molar-refractivity contribution in [3.05, 3.63) is 59.4 Å². The van der Waals surface area contributed by atoms with Crippen molar-refractivity contribution in [1.29, 1.82) is 0 Å². The number of anilines is 2. The summed E-state index contributed by atoms with van der Waals surface area (Å²) in [5, 5.41) is 13.5. The summed E-state index contributed by atoms with van der Waals surface area (Å²) < 4.78 is 34.8. The Kier molecular flexibility index (Phi) is 8.15. The lowest BCUT2D eigenvalue weighted by Crippen LogP contribution is -2.35. The Morgan fingerprint density at radius 3 is 2.67 bits per heavy atom. The van der Waals surface area contributed by atoms with Crippen LogP contribution in [0.3, 0.4) is 0 Å². The molecular weight excluding hydrogens is 571 g/mol. The third-order valence-corrected chi connectivity index (χ3v) is 8.45. The molecule has 1 aliphatic rings. The summed E-state index contributed by atoms with van der Waals surface area (Å²) in [6.07, 6.45) is 5.98. The second kappa shape index (κ2) is 12.2. The first kappa shape index (κ1) is 28.8. The number of hydrogen-bond donors (Lipinski definition) is 1. The van der Waals surface area contributed by atoms with E-state index in [1.807, 2.05) is 29.1 Å². The quantitative estimate of drug-likeness (QED) is 0.226. The number of benzene rings is 2. The van der Waals surface area contributed by atoms with Crippen molar-refractivity contribution in [2.45, 2.75) is 38.1 Å². The van der Waals surface area contributed by atoms with Crippen molar-refractivity contribution in [3.63, 3.8) is 0 Å². The lowest BCUT2D eigenvalue weighted by Gasteiger charge is -2.32. The van der Waals surface area contributed by atoms with Crippen LogP contribution in [0.1, 0.15) is 35.8 Å². The van der Waals surface area contributed by atoms with Crippen LogP contribution in [0.25, 0.3) is 16.6 Å². The minimum atomic E-state index is -0.478. The molecule has 1 aliphatic heterocycles. The SMILES string of the molecule is COc1ccc(CNc2nc3cc(OC)c(F)cc3c3nc(C4CCCN(c5cnn(CSC)c5C)C4)nn23)c(OC)c1. The molecule has 1 unspecified atom stereocenters. The number of piperidine rings is 1. The first-order chi connectivity index (χ1) is 20.9. The molecule has 1 atom stereocenters. The lowest BCUT2D eigenvalue weighted by atomic mass is 9.97. The maximum atomic E-state index is 14.9. The van der Waals surface area contributed by atoms with E-state index in [2.05, 4.69) is 28.5 Å². The van der Waals surface area contributed by atoms with Gasteiger partial charge in [0, 0.05) is 48.6 Å².